The van der Waals surface area contributed by atoms with E-state index in [4.69, 9.17) is 4.89 Å². The summed E-state index contributed by atoms with van der Waals surface area (Å²) in [6.07, 6.45) is 4.45. The molecule has 0 amide bonds. The number of unbranched alkanes of at least 4 members (excludes halogenated alkanes) is 1. The van der Waals surface area contributed by atoms with Crippen molar-refractivity contribution >= 4 is 8.25 Å². The Labute approximate surface area is 105 Å². The van der Waals surface area contributed by atoms with Crippen molar-refractivity contribution in [3.05, 3.63) is 0 Å². The first kappa shape index (κ1) is 16.4. The molecule has 0 aliphatic heterocycles. The molecule has 0 bridgehead atoms. The average Bonchev–Trinajstić information content (AvgIpc) is 2.05. The molecule has 0 saturated carbocycles. The Hall–Kier alpha value is 1.02. The van der Waals surface area contributed by atoms with Crippen LogP contribution in [0.15, 0.2) is 0 Å². The maximum absolute atomic E-state index is 10.2. The normalized spacial score (nSPS) is 13.3. The van der Waals surface area contributed by atoms with Gasteiger partial charge in [0.1, 0.15) is 6.61 Å². The molecule has 3 nitrogen and oxygen atoms in total. The van der Waals surface area contributed by atoms with Crippen molar-refractivity contribution in [2.45, 2.75) is 39.5 Å². The summed E-state index contributed by atoms with van der Waals surface area (Å²) < 4.78 is 14.9. The van der Waals surface area contributed by atoms with Crippen LogP contribution in [0.5, 0.6) is 0 Å². The largest absolute Gasteiger partial charge is 1.00 e. The van der Waals surface area contributed by atoms with Gasteiger partial charge in [0.15, 0.2) is 0 Å². The predicted molar refractivity (Wildman–Crippen MR) is 50.2 cm³/mol. The van der Waals surface area contributed by atoms with Crippen LogP contribution in [0.4, 0.5) is 0 Å². The van der Waals surface area contributed by atoms with E-state index in [1.54, 1.807) is 0 Å². The Morgan fingerprint density at radius 2 is 2.15 bits per heavy atom. The summed E-state index contributed by atoms with van der Waals surface area (Å²) in [4.78, 5) is 8.41. The van der Waals surface area contributed by atoms with Gasteiger partial charge in [-0.15, -0.1) is 9.42 Å². The van der Waals surface area contributed by atoms with Crippen LogP contribution in [0.2, 0.25) is 0 Å². The fourth-order valence-electron chi connectivity index (χ4n) is 1.07. The Balaban J connectivity index is -0.000000605. The molecule has 0 fully saturated rings. The van der Waals surface area contributed by atoms with Gasteiger partial charge in [0.2, 0.25) is 0 Å². The van der Waals surface area contributed by atoms with Crippen LogP contribution < -0.4 is 29.6 Å². The van der Waals surface area contributed by atoms with Crippen molar-refractivity contribution in [3.8, 4) is 0 Å². The molecule has 0 heterocycles. The molecule has 0 radical (unpaired) electrons. The monoisotopic (exact) mass is 217 g/mol. The Bertz CT molecular complexity index is 138. The summed E-state index contributed by atoms with van der Waals surface area (Å²) >= 11 is 0. The zero-order valence-electron chi connectivity index (χ0n) is 9.82. The summed E-state index contributed by atoms with van der Waals surface area (Å²) in [5.41, 5.74) is 0. The van der Waals surface area contributed by atoms with Gasteiger partial charge >= 0.3 is 37.8 Å². The van der Waals surface area contributed by atoms with E-state index in [1.165, 1.54) is 12.8 Å². The van der Waals surface area contributed by atoms with E-state index >= 15 is 0 Å². The van der Waals surface area contributed by atoms with Crippen molar-refractivity contribution in [2.24, 2.45) is 5.92 Å². The van der Waals surface area contributed by atoms with Crippen LogP contribution in [-0.4, -0.2) is 11.5 Å². The third-order valence-corrected chi connectivity index (χ3v) is 2.33. The number of rotatable bonds is 7. The van der Waals surface area contributed by atoms with Gasteiger partial charge in [0.05, 0.1) is 0 Å². The summed E-state index contributed by atoms with van der Waals surface area (Å²) in [5.74, 6) is 0.441. The average molecular weight is 217 g/mol. The second-order valence-electron chi connectivity index (χ2n) is 2.95. The van der Waals surface area contributed by atoms with E-state index in [-0.39, 0.29) is 31.0 Å². The quantitative estimate of drug-likeness (QED) is 0.482. The van der Waals surface area contributed by atoms with Crippen LogP contribution in [-0.2, 0) is 9.09 Å². The van der Waals surface area contributed by atoms with Crippen LogP contribution in [0, 0.1) is 5.92 Å². The SMILES string of the molecule is CCCCC(CC)CO[P+](=O)O.[H-].[Na+]. The van der Waals surface area contributed by atoms with Crippen LogP contribution in [0.25, 0.3) is 0 Å². The zero-order valence-corrected chi connectivity index (χ0v) is 11.7. The first-order valence-corrected chi connectivity index (χ1v) is 5.62. The fraction of sp³-hybridized carbons (Fsp3) is 1.00. The molecule has 0 aromatic rings. The van der Waals surface area contributed by atoms with Crippen LogP contribution in [0.1, 0.15) is 41.0 Å². The zero-order chi connectivity index (χ0) is 9.40. The molecular formula is C8H19NaO3P+. The van der Waals surface area contributed by atoms with Gasteiger partial charge in [-0.1, -0.05) is 33.1 Å². The maximum Gasteiger partial charge on any atom is 1.00 e. The summed E-state index contributed by atoms with van der Waals surface area (Å²) in [5, 5.41) is 0. The molecule has 0 spiro atoms. The Kier molecular flexibility index (Phi) is 14.0. The maximum atomic E-state index is 10.2. The summed E-state index contributed by atoms with van der Waals surface area (Å²) in [7, 11) is -2.40. The van der Waals surface area contributed by atoms with E-state index in [0.717, 1.165) is 12.8 Å². The van der Waals surface area contributed by atoms with Crippen molar-refractivity contribution in [2.75, 3.05) is 6.61 Å². The van der Waals surface area contributed by atoms with Gasteiger partial charge in [-0.2, -0.15) is 0 Å². The number of hydrogen-bond donors (Lipinski definition) is 1. The Morgan fingerprint density at radius 3 is 2.54 bits per heavy atom. The van der Waals surface area contributed by atoms with E-state index in [2.05, 4.69) is 18.4 Å². The molecule has 74 valence electrons. The van der Waals surface area contributed by atoms with Gasteiger partial charge in [0, 0.05) is 4.57 Å². The van der Waals surface area contributed by atoms with E-state index in [0.29, 0.717) is 12.5 Å². The topological polar surface area (TPSA) is 46.5 Å². The van der Waals surface area contributed by atoms with Gasteiger partial charge in [-0.3, -0.25) is 0 Å². The molecule has 0 aromatic carbocycles. The van der Waals surface area contributed by atoms with Crippen molar-refractivity contribution in [1.29, 1.82) is 0 Å². The number of hydrogen-bond acceptors (Lipinski definition) is 2. The molecule has 13 heavy (non-hydrogen) atoms. The first-order chi connectivity index (χ1) is 5.70. The second kappa shape index (κ2) is 11.1. The van der Waals surface area contributed by atoms with Gasteiger partial charge in [-0.05, 0) is 12.3 Å². The fourth-order valence-corrected chi connectivity index (χ4v) is 1.41. The summed E-state index contributed by atoms with van der Waals surface area (Å²) in [6, 6.07) is 0. The van der Waals surface area contributed by atoms with Gasteiger partial charge < -0.3 is 1.43 Å². The molecule has 0 rings (SSSR count). The smallest absolute Gasteiger partial charge is 1.00 e. The minimum Gasteiger partial charge on any atom is -1.00 e. The molecule has 2 atom stereocenters. The predicted octanol–water partition coefficient (Wildman–Crippen LogP) is -0.0144. The molecule has 0 aromatic heterocycles. The molecule has 1 N–H and O–H groups in total. The van der Waals surface area contributed by atoms with Crippen molar-refractivity contribution in [3.63, 3.8) is 0 Å². The molecule has 0 aliphatic carbocycles. The first-order valence-electron chi connectivity index (χ1n) is 4.49. The molecular weight excluding hydrogens is 198 g/mol. The minimum atomic E-state index is -2.40. The van der Waals surface area contributed by atoms with Gasteiger partial charge in [-0.25, -0.2) is 0 Å². The molecule has 5 heteroatoms. The minimum absolute atomic E-state index is 0. The van der Waals surface area contributed by atoms with Crippen LogP contribution >= 0.6 is 8.25 Å². The van der Waals surface area contributed by atoms with E-state index in [1.807, 2.05) is 0 Å². The molecule has 2 unspecified atom stereocenters. The van der Waals surface area contributed by atoms with Crippen molar-refractivity contribution in [1.82, 2.24) is 0 Å². The Morgan fingerprint density at radius 1 is 1.54 bits per heavy atom. The van der Waals surface area contributed by atoms with Crippen molar-refractivity contribution < 1.29 is 45.0 Å². The summed E-state index contributed by atoms with van der Waals surface area (Å²) in [6.45, 7) is 4.64. The van der Waals surface area contributed by atoms with E-state index in [9.17, 15) is 4.57 Å². The third kappa shape index (κ3) is 10.9. The molecule has 0 saturated heterocycles. The standard InChI is InChI=1S/C8H17O3P.Na.H/c1-3-5-6-8(4-2)7-11-12(9)10;;/h8H,3-7H2,1-2H3;;/q;+1;-1/p+1. The van der Waals surface area contributed by atoms with Gasteiger partial charge in [0.25, 0.3) is 0 Å². The third-order valence-electron chi connectivity index (χ3n) is 1.96. The van der Waals surface area contributed by atoms with Crippen LogP contribution in [0.3, 0.4) is 0 Å². The molecule has 0 aliphatic rings. The van der Waals surface area contributed by atoms with E-state index < -0.39 is 8.25 Å². The second-order valence-corrected chi connectivity index (χ2v) is 3.68.